The van der Waals surface area contributed by atoms with Gasteiger partial charge < -0.3 is 4.74 Å². The third-order valence-corrected chi connectivity index (χ3v) is 3.87. The number of aromatic nitrogens is 2. The first-order valence-electron chi connectivity index (χ1n) is 7.31. The third kappa shape index (κ3) is 2.44. The molecule has 0 atom stereocenters. The Kier molecular flexibility index (Phi) is 3.27. The fraction of sp³-hybridized carbons (Fsp3) is 0.0526. The van der Waals surface area contributed by atoms with Crippen LogP contribution in [0.4, 0.5) is 0 Å². The van der Waals surface area contributed by atoms with Gasteiger partial charge in [-0.2, -0.15) is 0 Å². The van der Waals surface area contributed by atoms with Crippen LogP contribution >= 0.6 is 0 Å². The quantitative estimate of drug-likeness (QED) is 0.556. The second-order valence-corrected chi connectivity index (χ2v) is 5.25. The van der Waals surface area contributed by atoms with E-state index < -0.39 is 0 Å². The van der Waals surface area contributed by atoms with E-state index in [9.17, 15) is 0 Å². The minimum Gasteiger partial charge on any atom is -0.496 e. The van der Waals surface area contributed by atoms with Crippen molar-refractivity contribution in [2.75, 3.05) is 7.11 Å². The molecule has 0 saturated heterocycles. The summed E-state index contributed by atoms with van der Waals surface area (Å²) in [7, 11) is 1.68. The van der Waals surface area contributed by atoms with Gasteiger partial charge in [-0.15, -0.1) is 0 Å². The number of benzene rings is 3. The van der Waals surface area contributed by atoms with E-state index in [1.807, 2.05) is 42.5 Å². The van der Waals surface area contributed by atoms with E-state index in [2.05, 4.69) is 34.6 Å². The van der Waals surface area contributed by atoms with E-state index in [0.29, 0.717) is 0 Å². The highest BCUT2D eigenvalue weighted by atomic mass is 16.6. The molecule has 3 aromatic carbocycles. The molecule has 4 heteroatoms. The molecule has 4 aromatic rings. The molecule has 112 valence electrons. The van der Waals surface area contributed by atoms with E-state index in [-0.39, 0.29) is 0 Å². The predicted octanol–water partition coefficient (Wildman–Crippen LogP) is 4.57. The predicted molar refractivity (Wildman–Crippen MR) is 89.2 cm³/mol. The fourth-order valence-electron chi connectivity index (χ4n) is 2.69. The minimum atomic E-state index is 0.731. The Morgan fingerprint density at radius 1 is 0.739 bits per heavy atom. The average Bonchev–Trinajstić information content (AvgIpc) is 3.09. The SMILES string of the molecule is COc1ccc(-c2ccccc2)cc1-c1ccc2nonc2c1. The van der Waals surface area contributed by atoms with Crippen LogP contribution < -0.4 is 4.74 Å². The highest BCUT2D eigenvalue weighted by Crippen LogP contribution is 2.35. The highest BCUT2D eigenvalue weighted by molar-refractivity contribution is 5.84. The summed E-state index contributed by atoms with van der Waals surface area (Å²) in [5, 5.41) is 7.76. The van der Waals surface area contributed by atoms with Gasteiger partial charge in [0, 0.05) is 5.56 Å². The molecular weight excluding hydrogens is 288 g/mol. The summed E-state index contributed by atoms with van der Waals surface area (Å²) in [5.74, 6) is 0.820. The van der Waals surface area contributed by atoms with Gasteiger partial charge in [0.05, 0.1) is 7.11 Å². The maximum Gasteiger partial charge on any atom is 0.135 e. The number of hydrogen-bond acceptors (Lipinski definition) is 4. The van der Waals surface area contributed by atoms with Crippen LogP contribution in [0.1, 0.15) is 0 Å². The third-order valence-electron chi connectivity index (χ3n) is 3.87. The topological polar surface area (TPSA) is 48.2 Å². The molecular formula is C19H14N2O2. The van der Waals surface area contributed by atoms with E-state index in [4.69, 9.17) is 9.37 Å². The highest BCUT2D eigenvalue weighted by Gasteiger charge is 2.10. The summed E-state index contributed by atoms with van der Waals surface area (Å²) in [6.45, 7) is 0. The molecule has 0 aliphatic rings. The van der Waals surface area contributed by atoms with Crippen molar-refractivity contribution in [3.8, 4) is 28.0 Å². The zero-order valence-electron chi connectivity index (χ0n) is 12.6. The standard InChI is InChI=1S/C19H14N2O2/c1-22-19-10-8-14(13-5-3-2-4-6-13)11-16(19)15-7-9-17-18(12-15)21-23-20-17/h2-12H,1H3. The first-order valence-corrected chi connectivity index (χ1v) is 7.31. The molecule has 1 aromatic heterocycles. The van der Waals surface area contributed by atoms with Gasteiger partial charge in [-0.25, -0.2) is 4.63 Å². The second kappa shape index (κ2) is 5.57. The lowest BCUT2D eigenvalue weighted by atomic mass is 9.98. The Morgan fingerprint density at radius 2 is 1.52 bits per heavy atom. The van der Waals surface area contributed by atoms with Crippen molar-refractivity contribution >= 4 is 11.0 Å². The zero-order chi connectivity index (χ0) is 15.6. The normalized spacial score (nSPS) is 10.8. The molecule has 0 saturated carbocycles. The molecule has 0 aliphatic carbocycles. The van der Waals surface area contributed by atoms with Crippen molar-refractivity contribution in [1.82, 2.24) is 10.3 Å². The van der Waals surface area contributed by atoms with Crippen LogP contribution in [-0.2, 0) is 0 Å². The van der Waals surface area contributed by atoms with Gasteiger partial charge in [-0.1, -0.05) is 42.5 Å². The number of ether oxygens (including phenoxy) is 1. The molecule has 0 radical (unpaired) electrons. The lowest BCUT2D eigenvalue weighted by Gasteiger charge is -2.11. The maximum absolute atomic E-state index is 5.52. The first-order chi connectivity index (χ1) is 11.3. The fourth-order valence-corrected chi connectivity index (χ4v) is 2.69. The van der Waals surface area contributed by atoms with E-state index in [1.165, 1.54) is 5.56 Å². The Bertz CT molecular complexity index is 961. The summed E-state index contributed by atoms with van der Waals surface area (Å²) in [6, 6.07) is 22.3. The molecule has 0 N–H and O–H groups in total. The smallest absolute Gasteiger partial charge is 0.135 e. The van der Waals surface area contributed by atoms with Crippen LogP contribution in [0.5, 0.6) is 5.75 Å². The summed E-state index contributed by atoms with van der Waals surface area (Å²) in [4.78, 5) is 0. The van der Waals surface area contributed by atoms with Gasteiger partial charge in [0.25, 0.3) is 0 Å². The second-order valence-electron chi connectivity index (χ2n) is 5.25. The number of fused-ring (bicyclic) bond motifs is 1. The summed E-state index contributed by atoms with van der Waals surface area (Å²) in [5.41, 5.74) is 5.81. The van der Waals surface area contributed by atoms with Crippen molar-refractivity contribution in [1.29, 1.82) is 0 Å². The van der Waals surface area contributed by atoms with Crippen LogP contribution in [0.25, 0.3) is 33.3 Å². The Labute approximate surface area is 133 Å². The minimum absolute atomic E-state index is 0.731. The van der Waals surface area contributed by atoms with Crippen molar-refractivity contribution in [2.45, 2.75) is 0 Å². The molecule has 0 fully saturated rings. The van der Waals surface area contributed by atoms with E-state index in [1.54, 1.807) is 7.11 Å². The molecule has 23 heavy (non-hydrogen) atoms. The largest absolute Gasteiger partial charge is 0.496 e. The van der Waals surface area contributed by atoms with Crippen molar-refractivity contribution in [2.24, 2.45) is 0 Å². The van der Waals surface area contributed by atoms with Crippen LogP contribution in [0.3, 0.4) is 0 Å². The maximum atomic E-state index is 5.52. The van der Waals surface area contributed by atoms with Crippen molar-refractivity contribution in [3.05, 3.63) is 66.7 Å². The van der Waals surface area contributed by atoms with Crippen molar-refractivity contribution in [3.63, 3.8) is 0 Å². The Balaban J connectivity index is 1.88. The molecule has 1 heterocycles. The van der Waals surface area contributed by atoms with Gasteiger partial charge in [0.2, 0.25) is 0 Å². The lowest BCUT2D eigenvalue weighted by Crippen LogP contribution is -1.89. The molecule has 0 bridgehead atoms. The number of nitrogens with zero attached hydrogens (tertiary/aromatic N) is 2. The Hall–Kier alpha value is -3.14. The molecule has 0 unspecified atom stereocenters. The Morgan fingerprint density at radius 3 is 2.35 bits per heavy atom. The van der Waals surface area contributed by atoms with Gasteiger partial charge >= 0.3 is 0 Å². The van der Waals surface area contributed by atoms with Crippen LogP contribution in [0.15, 0.2) is 71.4 Å². The first kappa shape index (κ1) is 13.5. The zero-order valence-corrected chi connectivity index (χ0v) is 12.6. The summed E-state index contributed by atoms with van der Waals surface area (Å²) < 4.78 is 10.3. The lowest BCUT2D eigenvalue weighted by molar-refractivity contribution is 0.315. The average molecular weight is 302 g/mol. The van der Waals surface area contributed by atoms with Crippen LogP contribution in [-0.4, -0.2) is 17.4 Å². The van der Waals surface area contributed by atoms with Gasteiger partial charge in [-0.3, -0.25) is 0 Å². The van der Waals surface area contributed by atoms with Crippen molar-refractivity contribution < 1.29 is 9.37 Å². The van der Waals surface area contributed by atoms with Gasteiger partial charge in [0.1, 0.15) is 16.8 Å². The molecule has 0 amide bonds. The molecule has 0 aliphatic heterocycles. The monoisotopic (exact) mass is 302 g/mol. The number of methoxy groups -OCH3 is 1. The molecule has 4 rings (SSSR count). The van der Waals surface area contributed by atoms with E-state index in [0.717, 1.165) is 33.5 Å². The van der Waals surface area contributed by atoms with Crippen LogP contribution in [0.2, 0.25) is 0 Å². The summed E-state index contributed by atoms with van der Waals surface area (Å²) >= 11 is 0. The number of rotatable bonds is 3. The van der Waals surface area contributed by atoms with Gasteiger partial charge in [-0.05, 0) is 51.3 Å². The van der Waals surface area contributed by atoms with E-state index >= 15 is 0 Å². The molecule has 0 spiro atoms. The van der Waals surface area contributed by atoms with Crippen LogP contribution in [0, 0.1) is 0 Å². The molecule has 4 nitrogen and oxygen atoms in total. The number of hydrogen-bond donors (Lipinski definition) is 0. The summed E-state index contributed by atoms with van der Waals surface area (Å²) in [6.07, 6.45) is 0. The van der Waals surface area contributed by atoms with Gasteiger partial charge in [0.15, 0.2) is 0 Å².